The molecule has 1 aromatic heterocycles. The Morgan fingerprint density at radius 2 is 1.82 bits per heavy atom. The van der Waals surface area contributed by atoms with Gasteiger partial charge in [-0.15, -0.1) is 10.2 Å². The van der Waals surface area contributed by atoms with Crippen molar-refractivity contribution in [1.29, 1.82) is 0 Å². The molecule has 1 rings (SSSR count). The summed E-state index contributed by atoms with van der Waals surface area (Å²) < 4.78 is 7.60. The minimum Gasteiger partial charge on any atom is -0.381 e. The van der Waals surface area contributed by atoms with Gasteiger partial charge < -0.3 is 15.0 Å². The van der Waals surface area contributed by atoms with Crippen LogP contribution in [0.25, 0.3) is 0 Å². The van der Waals surface area contributed by atoms with Crippen LogP contribution in [0.5, 0.6) is 0 Å². The Balaban J connectivity index is 2.75. The molecule has 1 heterocycles. The molecule has 0 radical (unpaired) electrons. The fraction of sp³-hybridized carbons (Fsp3) is 0.833. The van der Waals surface area contributed by atoms with Gasteiger partial charge >= 0.3 is 0 Å². The van der Waals surface area contributed by atoms with E-state index < -0.39 is 0 Å². The Morgan fingerprint density at radius 1 is 1.18 bits per heavy atom. The minimum atomic E-state index is -0.0434. The molecule has 0 aliphatic carbocycles. The topological polar surface area (TPSA) is 66.0 Å². The zero-order valence-corrected chi connectivity index (χ0v) is 11.4. The average molecular weight is 240 g/mol. The molecule has 17 heavy (non-hydrogen) atoms. The highest BCUT2D eigenvalue weighted by atomic mass is 16.5. The largest absolute Gasteiger partial charge is 0.381 e. The van der Waals surface area contributed by atoms with Gasteiger partial charge in [-0.05, 0) is 27.2 Å². The number of ether oxygens (including phenoxy) is 1. The molecule has 0 spiro atoms. The summed E-state index contributed by atoms with van der Waals surface area (Å²) in [6.07, 6.45) is 1.82. The van der Waals surface area contributed by atoms with Gasteiger partial charge in [0, 0.05) is 18.6 Å². The van der Waals surface area contributed by atoms with Crippen molar-refractivity contribution >= 4 is 0 Å². The van der Waals surface area contributed by atoms with Gasteiger partial charge in [0.2, 0.25) is 0 Å². The summed E-state index contributed by atoms with van der Waals surface area (Å²) in [7, 11) is 0. The maximum atomic E-state index is 5.68. The van der Waals surface area contributed by atoms with Crippen molar-refractivity contribution in [1.82, 2.24) is 14.8 Å². The van der Waals surface area contributed by atoms with E-state index in [1.807, 2.05) is 0 Å². The second-order valence-electron chi connectivity index (χ2n) is 5.11. The van der Waals surface area contributed by atoms with Crippen LogP contribution in [0.2, 0.25) is 0 Å². The second-order valence-corrected chi connectivity index (χ2v) is 5.11. The highest BCUT2D eigenvalue weighted by Gasteiger charge is 2.21. The van der Waals surface area contributed by atoms with E-state index in [4.69, 9.17) is 10.5 Å². The second kappa shape index (κ2) is 6.12. The van der Waals surface area contributed by atoms with Crippen LogP contribution < -0.4 is 5.73 Å². The third kappa shape index (κ3) is 3.78. The monoisotopic (exact) mass is 240 g/mol. The Bertz CT molecular complexity index is 341. The SMILES string of the molecule is CCCOCCc1nnc(CN)n1C(C)(C)C. The molecule has 1 aromatic rings. The van der Waals surface area contributed by atoms with Gasteiger partial charge in [-0.25, -0.2) is 0 Å². The Morgan fingerprint density at radius 3 is 2.35 bits per heavy atom. The number of nitrogens with two attached hydrogens (primary N) is 1. The van der Waals surface area contributed by atoms with Gasteiger partial charge in [0.05, 0.1) is 13.2 Å². The smallest absolute Gasteiger partial charge is 0.147 e. The summed E-state index contributed by atoms with van der Waals surface area (Å²) in [5, 5.41) is 8.34. The highest BCUT2D eigenvalue weighted by molar-refractivity contribution is 5.01. The van der Waals surface area contributed by atoms with E-state index in [2.05, 4.69) is 42.5 Å². The molecule has 0 amide bonds. The van der Waals surface area contributed by atoms with E-state index in [0.717, 1.165) is 31.1 Å². The van der Waals surface area contributed by atoms with Gasteiger partial charge in [-0.3, -0.25) is 0 Å². The summed E-state index contributed by atoms with van der Waals surface area (Å²) in [4.78, 5) is 0. The van der Waals surface area contributed by atoms with Crippen LogP contribution in [0.3, 0.4) is 0 Å². The summed E-state index contributed by atoms with van der Waals surface area (Å²) >= 11 is 0. The molecule has 2 N–H and O–H groups in total. The van der Waals surface area contributed by atoms with Gasteiger partial charge in [0.15, 0.2) is 0 Å². The first-order valence-electron chi connectivity index (χ1n) is 6.22. The van der Waals surface area contributed by atoms with Crippen LogP contribution in [-0.2, 0) is 23.2 Å². The van der Waals surface area contributed by atoms with Crippen molar-refractivity contribution < 1.29 is 4.74 Å². The molecule has 0 aromatic carbocycles. The highest BCUT2D eigenvalue weighted by Crippen LogP contribution is 2.18. The molecule has 0 unspecified atom stereocenters. The Hall–Kier alpha value is -0.940. The van der Waals surface area contributed by atoms with Crippen LogP contribution in [0.4, 0.5) is 0 Å². The molecule has 0 aliphatic heterocycles. The van der Waals surface area contributed by atoms with Crippen molar-refractivity contribution in [2.24, 2.45) is 5.73 Å². The van der Waals surface area contributed by atoms with Crippen LogP contribution >= 0.6 is 0 Å². The Labute approximate surface area is 103 Å². The van der Waals surface area contributed by atoms with E-state index >= 15 is 0 Å². The molecule has 0 fully saturated rings. The summed E-state index contributed by atoms with van der Waals surface area (Å²) in [6, 6.07) is 0. The zero-order valence-electron chi connectivity index (χ0n) is 11.4. The standard InChI is InChI=1S/C12H24N4O/c1-5-7-17-8-6-10-14-15-11(9-13)16(10)12(2,3)4/h5-9,13H2,1-4H3. The van der Waals surface area contributed by atoms with Crippen molar-refractivity contribution in [2.75, 3.05) is 13.2 Å². The molecule has 0 saturated heterocycles. The molecule has 0 atom stereocenters. The third-order valence-corrected chi connectivity index (χ3v) is 2.47. The lowest BCUT2D eigenvalue weighted by Crippen LogP contribution is -2.28. The van der Waals surface area contributed by atoms with E-state index in [-0.39, 0.29) is 5.54 Å². The summed E-state index contributed by atoms with van der Waals surface area (Å²) in [5.41, 5.74) is 5.64. The quantitative estimate of drug-likeness (QED) is 0.764. The fourth-order valence-corrected chi connectivity index (χ4v) is 1.83. The molecule has 98 valence electrons. The van der Waals surface area contributed by atoms with Gasteiger partial charge in [-0.1, -0.05) is 6.92 Å². The van der Waals surface area contributed by atoms with Crippen molar-refractivity contribution in [2.45, 2.75) is 52.6 Å². The maximum Gasteiger partial charge on any atom is 0.147 e. The van der Waals surface area contributed by atoms with E-state index in [1.165, 1.54) is 0 Å². The number of rotatable bonds is 6. The molecular weight excluding hydrogens is 216 g/mol. The molecule has 0 saturated carbocycles. The predicted molar refractivity (Wildman–Crippen MR) is 67.7 cm³/mol. The number of aromatic nitrogens is 3. The van der Waals surface area contributed by atoms with Gasteiger partial charge in [0.1, 0.15) is 11.6 Å². The lowest BCUT2D eigenvalue weighted by Gasteiger charge is -2.24. The zero-order chi connectivity index (χ0) is 12.9. The van der Waals surface area contributed by atoms with Crippen LogP contribution in [0.15, 0.2) is 0 Å². The van der Waals surface area contributed by atoms with Crippen LogP contribution in [0.1, 0.15) is 45.8 Å². The summed E-state index contributed by atoms with van der Waals surface area (Å²) in [6.45, 7) is 10.4. The maximum absolute atomic E-state index is 5.68. The molecule has 5 heteroatoms. The predicted octanol–water partition coefficient (Wildman–Crippen LogP) is 1.46. The molecule has 0 aliphatic rings. The first-order chi connectivity index (χ1) is 8.00. The lowest BCUT2D eigenvalue weighted by atomic mass is 10.1. The number of nitrogens with zero attached hydrogens (tertiary/aromatic N) is 3. The van der Waals surface area contributed by atoms with E-state index in [0.29, 0.717) is 13.2 Å². The van der Waals surface area contributed by atoms with Gasteiger partial charge in [-0.2, -0.15) is 0 Å². The lowest BCUT2D eigenvalue weighted by molar-refractivity contribution is 0.135. The molecule has 5 nitrogen and oxygen atoms in total. The molecular formula is C12H24N4O. The van der Waals surface area contributed by atoms with Gasteiger partial charge in [0.25, 0.3) is 0 Å². The van der Waals surface area contributed by atoms with Crippen molar-refractivity contribution in [3.63, 3.8) is 0 Å². The van der Waals surface area contributed by atoms with Crippen molar-refractivity contribution in [3.8, 4) is 0 Å². The number of hydrogen-bond donors (Lipinski definition) is 1. The summed E-state index contributed by atoms with van der Waals surface area (Å²) in [5.74, 6) is 1.79. The normalized spacial score (nSPS) is 12.1. The third-order valence-electron chi connectivity index (χ3n) is 2.47. The van der Waals surface area contributed by atoms with E-state index in [1.54, 1.807) is 0 Å². The van der Waals surface area contributed by atoms with Crippen LogP contribution in [0, 0.1) is 0 Å². The average Bonchev–Trinajstić information content (AvgIpc) is 2.67. The van der Waals surface area contributed by atoms with Crippen molar-refractivity contribution in [3.05, 3.63) is 11.6 Å². The first-order valence-corrected chi connectivity index (χ1v) is 6.22. The van der Waals surface area contributed by atoms with E-state index in [9.17, 15) is 0 Å². The Kier molecular flexibility index (Phi) is 5.08. The molecule has 0 bridgehead atoms. The number of hydrogen-bond acceptors (Lipinski definition) is 4. The minimum absolute atomic E-state index is 0.0434. The van der Waals surface area contributed by atoms with Crippen LogP contribution in [-0.4, -0.2) is 28.0 Å². The first kappa shape index (κ1) is 14.1. The fourth-order valence-electron chi connectivity index (χ4n) is 1.83.